The van der Waals surface area contributed by atoms with E-state index in [2.05, 4.69) is 10.5 Å². The van der Waals surface area contributed by atoms with Gasteiger partial charge in [-0.2, -0.15) is 0 Å². The molecule has 0 aliphatic heterocycles. The molecule has 3 rings (SSSR count). The zero-order valence-corrected chi connectivity index (χ0v) is 13.4. The maximum Gasteiger partial charge on any atom is 0.274 e. The van der Waals surface area contributed by atoms with Crippen molar-refractivity contribution in [2.45, 2.75) is 13.8 Å². The molecule has 0 aliphatic rings. The molecule has 0 radical (unpaired) electrons. The SMILES string of the molecule is CCONC(=O)c1ccc(-n2c(C)nc3ccccc3c2=O)cc1. The molecule has 0 saturated heterocycles. The molecule has 0 saturated carbocycles. The number of aromatic nitrogens is 2. The molecule has 3 aromatic rings. The highest BCUT2D eigenvalue weighted by atomic mass is 16.6. The second-order valence-corrected chi connectivity index (χ2v) is 5.23. The zero-order chi connectivity index (χ0) is 17.1. The first kappa shape index (κ1) is 15.9. The van der Waals surface area contributed by atoms with E-state index in [0.717, 1.165) is 0 Å². The van der Waals surface area contributed by atoms with Gasteiger partial charge in [-0.05, 0) is 50.2 Å². The van der Waals surface area contributed by atoms with Crippen molar-refractivity contribution < 1.29 is 9.63 Å². The van der Waals surface area contributed by atoms with E-state index < -0.39 is 0 Å². The van der Waals surface area contributed by atoms with Gasteiger partial charge in [0.1, 0.15) is 5.82 Å². The summed E-state index contributed by atoms with van der Waals surface area (Å²) in [5.41, 5.74) is 3.98. The first-order valence-corrected chi connectivity index (χ1v) is 7.62. The van der Waals surface area contributed by atoms with Crippen molar-refractivity contribution in [2.75, 3.05) is 6.61 Å². The highest BCUT2D eigenvalue weighted by Crippen LogP contribution is 2.13. The minimum Gasteiger partial charge on any atom is -0.274 e. The number of amides is 1. The summed E-state index contributed by atoms with van der Waals surface area (Å²) in [6.07, 6.45) is 0. The average molecular weight is 323 g/mol. The number of nitrogens with one attached hydrogen (secondary N) is 1. The second-order valence-electron chi connectivity index (χ2n) is 5.23. The second kappa shape index (κ2) is 6.64. The lowest BCUT2D eigenvalue weighted by atomic mass is 10.2. The van der Waals surface area contributed by atoms with E-state index in [4.69, 9.17) is 4.84 Å². The Morgan fingerprint density at radius 3 is 2.58 bits per heavy atom. The van der Waals surface area contributed by atoms with Crippen molar-refractivity contribution in [2.24, 2.45) is 0 Å². The normalized spacial score (nSPS) is 10.8. The maximum absolute atomic E-state index is 12.7. The molecule has 0 unspecified atom stereocenters. The lowest BCUT2D eigenvalue weighted by Crippen LogP contribution is -2.24. The van der Waals surface area contributed by atoms with E-state index in [1.807, 2.05) is 18.2 Å². The summed E-state index contributed by atoms with van der Waals surface area (Å²) < 4.78 is 1.53. The number of nitrogens with zero attached hydrogens (tertiary/aromatic N) is 2. The summed E-state index contributed by atoms with van der Waals surface area (Å²) >= 11 is 0. The van der Waals surface area contributed by atoms with Crippen LogP contribution in [0.5, 0.6) is 0 Å². The van der Waals surface area contributed by atoms with Crippen LogP contribution in [0.25, 0.3) is 16.6 Å². The molecule has 0 atom stereocenters. The zero-order valence-electron chi connectivity index (χ0n) is 13.4. The van der Waals surface area contributed by atoms with Gasteiger partial charge in [0, 0.05) is 5.56 Å². The van der Waals surface area contributed by atoms with Gasteiger partial charge in [-0.25, -0.2) is 10.5 Å². The van der Waals surface area contributed by atoms with Gasteiger partial charge in [0.15, 0.2) is 0 Å². The summed E-state index contributed by atoms with van der Waals surface area (Å²) in [4.78, 5) is 33.9. The third kappa shape index (κ3) is 2.91. The fourth-order valence-corrected chi connectivity index (χ4v) is 2.51. The molecule has 1 N–H and O–H groups in total. The van der Waals surface area contributed by atoms with Crippen LogP contribution in [0.3, 0.4) is 0 Å². The Morgan fingerprint density at radius 1 is 1.17 bits per heavy atom. The highest BCUT2D eigenvalue weighted by Gasteiger charge is 2.11. The van der Waals surface area contributed by atoms with E-state index in [1.165, 1.54) is 4.57 Å². The molecule has 0 spiro atoms. The van der Waals surface area contributed by atoms with Crippen molar-refractivity contribution >= 4 is 16.8 Å². The summed E-state index contributed by atoms with van der Waals surface area (Å²) in [5.74, 6) is 0.259. The predicted octanol–water partition coefficient (Wildman–Crippen LogP) is 2.38. The van der Waals surface area contributed by atoms with Crippen LogP contribution in [0.1, 0.15) is 23.1 Å². The number of rotatable bonds is 4. The fourth-order valence-electron chi connectivity index (χ4n) is 2.51. The standard InChI is InChI=1S/C18H17N3O3/c1-3-24-20-17(22)13-8-10-14(11-9-13)21-12(2)19-16-7-5-4-6-15(16)18(21)23/h4-11H,3H2,1-2H3,(H,20,22). The highest BCUT2D eigenvalue weighted by molar-refractivity contribution is 5.93. The number of fused-ring (bicyclic) bond motifs is 1. The van der Waals surface area contributed by atoms with Crippen molar-refractivity contribution in [1.82, 2.24) is 15.0 Å². The molecule has 0 fully saturated rings. The number of carbonyl (C=O) groups is 1. The van der Waals surface area contributed by atoms with E-state index in [1.54, 1.807) is 44.2 Å². The summed E-state index contributed by atoms with van der Waals surface area (Å²) in [6, 6.07) is 13.9. The van der Waals surface area contributed by atoms with Gasteiger partial charge in [0.25, 0.3) is 11.5 Å². The average Bonchev–Trinajstić information content (AvgIpc) is 2.60. The Hall–Kier alpha value is -2.99. The number of benzene rings is 2. The molecule has 0 aliphatic carbocycles. The summed E-state index contributed by atoms with van der Waals surface area (Å²) in [7, 11) is 0. The third-order valence-electron chi connectivity index (χ3n) is 3.64. The lowest BCUT2D eigenvalue weighted by molar-refractivity contribution is 0.0364. The molecule has 1 amide bonds. The Morgan fingerprint density at radius 2 is 1.88 bits per heavy atom. The molecule has 122 valence electrons. The van der Waals surface area contributed by atoms with Crippen molar-refractivity contribution in [3.63, 3.8) is 0 Å². The van der Waals surface area contributed by atoms with E-state index in [9.17, 15) is 9.59 Å². The van der Waals surface area contributed by atoms with Crippen LogP contribution >= 0.6 is 0 Å². The molecule has 1 aromatic heterocycles. The fraction of sp³-hybridized carbons (Fsp3) is 0.167. The minimum atomic E-state index is -0.330. The van der Waals surface area contributed by atoms with Gasteiger partial charge < -0.3 is 0 Å². The summed E-state index contributed by atoms with van der Waals surface area (Å²) in [6.45, 7) is 3.95. The molecule has 1 heterocycles. The Kier molecular flexibility index (Phi) is 4.39. The van der Waals surface area contributed by atoms with Crippen LogP contribution in [0.2, 0.25) is 0 Å². The van der Waals surface area contributed by atoms with E-state index in [0.29, 0.717) is 34.6 Å². The monoisotopic (exact) mass is 323 g/mol. The molecule has 2 aromatic carbocycles. The number of aryl methyl sites for hydroxylation is 1. The molecule has 24 heavy (non-hydrogen) atoms. The minimum absolute atomic E-state index is 0.135. The van der Waals surface area contributed by atoms with E-state index >= 15 is 0 Å². The van der Waals surface area contributed by atoms with Crippen molar-refractivity contribution in [3.05, 3.63) is 70.3 Å². The molecular formula is C18H17N3O3. The third-order valence-corrected chi connectivity index (χ3v) is 3.64. The topological polar surface area (TPSA) is 73.2 Å². The lowest BCUT2D eigenvalue weighted by Gasteiger charge is -2.11. The van der Waals surface area contributed by atoms with Gasteiger partial charge in [-0.3, -0.25) is 19.0 Å². The van der Waals surface area contributed by atoms with Crippen molar-refractivity contribution in [1.29, 1.82) is 0 Å². The van der Waals surface area contributed by atoms with Crippen LogP contribution < -0.4 is 11.0 Å². The number of para-hydroxylation sites is 1. The Balaban J connectivity index is 2.02. The predicted molar refractivity (Wildman–Crippen MR) is 91.2 cm³/mol. The van der Waals surface area contributed by atoms with Gasteiger partial charge in [0.05, 0.1) is 23.2 Å². The largest absolute Gasteiger partial charge is 0.274 e. The number of hydrogen-bond donors (Lipinski definition) is 1. The smallest absolute Gasteiger partial charge is 0.274 e. The van der Waals surface area contributed by atoms with Crippen LogP contribution in [0, 0.1) is 6.92 Å². The van der Waals surface area contributed by atoms with Gasteiger partial charge >= 0.3 is 0 Å². The van der Waals surface area contributed by atoms with Crippen LogP contribution in [0.15, 0.2) is 53.3 Å². The Labute approximate surface area is 138 Å². The van der Waals surface area contributed by atoms with Crippen LogP contribution in [-0.2, 0) is 4.84 Å². The molecule has 6 heteroatoms. The molecule has 0 bridgehead atoms. The molecular weight excluding hydrogens is 306 g/mol. The van der Waals surface area contributed by atoms with Crippen LogP contribution in [0.4, 0.5) is 0 Å². The van der Waals surface area contributed by atoms with Crippen LogP contribution in [-0.4, -0.2) is 22.1 Å². The van der Waals surface area contributed by atoms with Gasteiger partial charge in [-0.1, -0.05) is 12.1 Å². The van der Waals surface area contributed by atoms with Gasteiger partial charge in [0.2, 0.25) is 0 Å². The van der Waals surface area contributed by atoms with Gasteiger partial charge in [-0.15, -0.1) is 0 Å². The summed E-state index contributed by atoms with van der Waals surface area (Å²) in [5, 5.41) is 0.557. The number of carbonyl (C=O) groups excluding carboxylic acids is 1. The van der Waals surface area contributed by atoms with E-state index in [-0.39, 0.29) is 11.5 Å². The quantitative estimate of drug-likeness (QED) is 0.748. The first-order valence-electron chi connectivity index (χ1n) is 7.62. The van der Waals surface area contributed by atoms with Crippen molar-refractivity contribution in [3.8, 4) is 5.69 Å². The maximum atomic E-state index is 12.7. The molecule has 6 nitrogen and oxygen atoms in total. The number of hydrogen-bond acceptors (Lipinski definition) is 4. The first-order chi connectivity index (χ1) is 11.6. The number of hydroxylamine groups is 1. The Bertz CT molecular complexity index is 946.